The van der Waals surface area contributed by atoms with Gasteiger partial charge in [-0.05, 0) is 35.1 Å². The lowest BCUT2D eigenvalue weighted by molar-refractivity contribution is 0.977. The highest BCUT2D eigenvalue weighted by atomic mass is 15.1. The van der Waals surface area contributed by atoms with E-state index >= 15 is 0 Å². The molecule has 0 aliphatic heterocycles. The molecule has 0 amide bonds. The lowest BCUT2D eigenvalue weighted by atomic mass is 10.0. The molecule has 0 aliphatic carbocycles. The molecule has 0 atom stereocenters. The molecule has 0 fully saturated rings. The van der Waals surface area contributed by atoms with Gasteiger partial charge in [0.1, 0.15) is 0 Å². The van der Waals surface area contributed by atoms with Crippen LogP contribution in [0.4, 0.5) is 0 Å². The van der Waals surface area contributed by atoms with Gasteiger partial charge in [-0.2, -0.15) is 0 Å². The van der Waals surface area contributed by atoms with Gasteiger partial charge in [0.05, 0.1) is 6.54 Å². The van der Waals surface area contributed by atoms with Gasteiger partial charge in [0.2, 0.25) is 0 Å². The van der Waals surface area contributed by atoms with E-state index in [9.17, 15) is 0 Å². The van der Waals surface area contributed by atoms with Crippen molar-refractivity contribution in [2.24, 2.45) is 5.11 Å². The predicted octanol–water partition coefficient (Wildman–Crippen LogP) is 3.62. The third-order valence-corrected chi connectivity index (χ3v) is 2.36. The van der Waals surface area contributed by atoms with Crippen LogP contribution in [0.15, 0.2) is 23.3 Å². The van der Waals surface area contributed by atoms with Crippen molar-refractivity contribution in [2.75, 3.05) is 0 Å². The fraction of sp³-hybridized carbons (Fsp3) is 0.455. The molecule has 0 spiro atoms. The van der Waals surface area contributed by atoms with E-state index < -0.39 is 0 Å². The smallest absolute Gasteiger partial charge is 0.0513 e. The Hall–Kier alpha value is -1.47. The minimum Gasteiger partial charge on any atom is -0.0893 e. The number of rotatable bonds is 4. The number of benzene rings is 1. The average molecular weight is 189 g/mol. The first kappa shape index (κ1) is 10.6. The van der Waals surface area contributed by atoms with Crippen LogP contribution in [0.1, 0.15) is 30.5 Å². The van der Waals surface area contributed by atoms with E-state index in [1.165, 1.54) is 11.1 Å². The summed E-state index contributed by atoms with van der Waals surface area (Å²) < 4.78 is 0. The van der Waals surface area contributed by atoms with Crippen LogP contribution in [-0.2, 0) is 19.4 Å². The lowest BCUT2D eigenvalue weighted by Gasteiger charge is -2.06. The number of nitrogens with zero attached hydrogens (tertiary/aromatic N) is 3. The maximum Gasteiger partial charge on any atom is 0.0513 e. The number of hydrogen-bond acceptors (Lipinski definition) is 1. The lowest BCUT2D eigenvalue weighted by Crippen LogP contribution is -1.93. The fourth-order valence-corrected chi connectivity index (χ4v) is 1.50. The van der Waals surface area contributed by atoms with Crippen molar-refractivity contribution in [2.45, 2.75) is 33.2 Å². The van der Waals surface area contributed by atoms with E-state index in [1.807, 2.05) is 0 Å². The quantitative estimate of drug-likeness (QED) is 0.394. The van der Waals surface area contributed by atoms with Crippen LogP contribution in [0.3, 0.4) is 0 Å². The van der Waals surface area contributed by atoms with Gasteiger partial charge in [0.25, 0.3) is 0 Å². The summed E-state index contributed by atoms with van der Waals surface area (Å²) in [6, 6.07) is 6.40. The first-order valence-corrected chi connectivity index (χ1v) is 4.93. The summed E-state index contributed by atoms with van der Waals surface area (Å²) >= 11 is 0. The second-order valence-electron chi connectivity index (χ2n) is 3.20. The van der Waals surface area contributed by atoms with E-state index in [-0.39, 0.29) is 0 Å². The predicted molar refractivity (Wildman–Crippen MR) is 58.0 cm³/mol. The van der Waals surface area contributed by atoms with Crippen LogP contribution in [0.5, 0.6) is 0 Å². The van der Waals surface area contributed by atoms with Gasteiger partial charge < -0.3 is 0 Å². The van der Waals surface area contributed by atoms with Gasteiger partial charge in [-0.3, -0.25) is 0 Å². The summed E-state index contributed by atoms with van der Waals surface area (Å²) in [5.74, 6) is 0. The molecule has 1 aromatic carbocycles. The fourth-order valence-electron chi connectivity index (χ4n) is 1.50. The zero-order valence-electron chi connectivity index (χ0n) is 8.70. The van der Waals surface area contributed by atoms with Gasteiger partial charge >= 0.3 is 0 Å². The minimum absolute atomic E-state index is 0.466. The highest BCUT2D eigenvalue weighted by Crippen LogP contribution is 2.14. The van der Waals surface area contributed by atoms with Gasteiger partial charge in [-0.25, -0.2) is 0 Å². The van der Waals surface area contributed by atoms with Crippen molar-refractivity contribution in [1.82, 2.24) is 0 Å². The zero-order valence-corrected chi connectivity index (χ0v) is 8.70. The maximum atomic E-state index is 8.28. The van der Waals surface area contributed by atoms with Gasteiger partial charge in [0.15, 0.2) is 0 Å². The van der Waals surface area contributed by atoms with Crippen molar-refractivity contribution >= 4 is 0 Å². The number of hydrogen-bond donors (Lipinski definition) is 0. The van der Waals surface area contributed by atoms with Crippen molar-refractivity contribution in [1.29, 1.82) is 0 Å². The van der Waals surface area contributed by atoms with Gasteiger partial charge in [0, 0.05) is 4.91 Å². The summed E-state index contributed by atoms with van der Waals surface area (Å²) in [5, 5.41) is 3.61. The maximum absolute atomic E-state index is 8.28. The molecular weight excluding hydrogens is 174 g/mol. The topological polar surface area (TPSA) is 48.8 Å². The Balaban J connectivity index is 3.01. The molecule has 0 unspecified atom stereocenters. The van der Waals surface area contributed by atoms with E-state index in [0.717, 1.165) is 18.4 Å². The van der Waals surface area contributed by atoms with Crippen molar-refractivity contribution in [3.05, 3.63) is 45.3 Å². The van der Waals surface area contributed by atoms with Crippen LogP contribution < -0.4 is 0 Å². The standard InChI is InChI=1S/C11H15N3/c1-3-9-5-6-10(4-2)11(7-9)8-13-14-12/h5-7H,3-4,8H2,1-2H3. The summed E-state index contributed by atoms with van der Waals surface area (Å²) in [4.78, 5) is 2.79. The van der Waals surface area contributed by atoms with Crippen LogP contribution in [-0.4, -0.2) is 0 Å². The highest BCUT2D eigenvalue weighted by Gasteiger charge is 2.00. The van der Waals surface area contributed by atoms with Crippen molar-refractivity contribution in [3.8, 4) is 0 Å². The highest BCUT2D eigenvalue weighted by molar-refractivity contribution is 5.32. The average Bonchev–Trinajstić information content (AvgIpc) is 2.25. The Morgan fingerprint density at radius 1 is 1.21 bits per heavy atom. The first-order valence-electron chi connectivity index (χ1n) is 4.93. The molecule has 1 aromatic rings. The molecule has 14 heavy (non-hydrogen) atoms. The van der Waals surface area contributed by atoms with Crippen molar-refractivity contribution < 1.29 is 0 Å². The third kappa shape index (κ3) is 2.51. The molecule has 0 radical (unpaired) electrons. The molecule has 0 saturated carbocycles. The third-order valence-electron chi connectivity index (χ3n) is 2.36. The Kier molecular flexibility index (Phi) is 4.02. The molecule has 0 aromatic heterocycles. The van der Waals surface area contributed by atoms with Gasteiger partial charge in [-0.1, -0.05) is 37.2 Å². The molecular formula is C11H15N3. The normalized spacial score (nSPS) is 9.57. The number of azide groups is 1. The Morgan fingerprint density at radius 3 is 2.57 bits per heavy atom. The molecule has 74 valence electrons. The molecule has 1 rings (SSSR count). The SMILES string of the molecule is CCc1ccc(CC)c(CN=[N+]=[N-])c1. The molecule has 0 aliphatic rings. The monoisotopic (exact) mass is 189 g/mol. The van der Waals surface area contributed by atoms with Gasteiger partial charge in [-0.15, -0.1) is 0 Å². The van der Waals surface area contributed by atoms with Crippen LogP contribution in [0.25, 0.3) is 10.4 Å². The molecule has 0 bridgehead atoms. The second kappa shape index (κ2) is 5.30. The van der Waals surface area contributed by atoms with Crippen LogP contribution in [0.2, 0.25) is 0 Å². The molecule has 0 saturated heterocycles. The molecule has 0 heterocycles. The molecule has 3 nitrogen and oxygen atoms in total. The first-order chi connectivity index (χ1) is 6.81. The van der Waals surface area contributed by atoms with E-state index in [0.29, 0.717) is 6.54 Å². The van der Waals surface area contributed by atoms with Crippen LogP contribution >= 0.6 is 0 Å². The largest absolute Gasteiger partial charge is 0.0893 e. The van der Waals surface area contributed by atoms with Crippen LogP contribution in [0, 0.1) is 0 Å². The Morgan fingerprint density at radius 2 is 2.00 bits per heavy atom. The van der Waals surface area contributed by atoms with E-state index in [2.05, 4.69) is 42.1 Å². The Labute approximate surface area is 84.4 Å². The minimum atomic E-state index is 0.466. The Bertz CT molecular complexity index is 352. The zero-order chi connectivity index (χ0) is 10.4. The molecule has 3 heteroatoms. The molecule has 0 N–H and O–H groups in total. The summed E-state index contributed by atoms with van der Waals surface area (Å²) in [6.45, 7) is 4.70. The second-order valence-corrected chi connectivity index (χ2v) is 3.20. The summed E-state index contributed by atoms with van der Waals surface area (Å²) in [6.07, 6.45) is 2.01. The van der Waals surface area contributed by atoms with E-state index in [1.54, 1.807) is 0 Å². The summed E-state index contributed by atoms with van der Waals surface area (Å²) in [7, 11) is 0. The van der Waals surface area contributed by atoms with Crippen molar-refractivity contribution in [3.63, 3.8) is 0 Å². The summed E-state index contributed by atoms with van der Waals surface area (Å²) in [5.41, 5.74) is 12.0. The number of aryl methyl sites for hydroxylation is 2. The van der Waals surface area contributed by atoms with E-state index in [4.69, 9.17) is 5.53 Å².